The van der Waals surface area contributed by atoms with Crippen LogP contribution in [0.5, 0.6) is 5.75 Å². The minimum absolute atomic E-state index is 0.212. The first-order valence-electron chi connectivity index (χ1n) is 13.9. The number of carbonyl (C=O) groups excluding carboxylic acids is 1. The van der Waals surface area contributed by atoms with Gasteiger partial charge in [0.25, 0.3) is 0 Å². The zero-order valence-electron chi connectivity index (χ0n) is 24.8. The Morgan fingerprint density at radius 3 is 1.92 bits per heavy atom. The van der Waals surface area contributed by atoms with E-state index in [4.69, 9.17) is 18.9 Å². The van der Waals surface area contributed by atoms with Crippen LogP contribution in [-0.2, 0) is 14.2 Å². The van der Waals surface area contributed by atoms with Crippen molar-refractivity contribution in [3.05, 3.63) is 65.2 Å². The smallest absolute Gasteiger partial charge is 0.338 e. The first-order valence-corrected chi connectivity index (χ1v) is 13.9. The normalized spacial score (nSPS) is 16.8. The van der Waals surface area contributed by atoms with Crippen LogP contribution in [0, 0.1) is 5.41 Å². The fourth-order valence-corrected chi connectivity index (χ4v) is 5.40. The molecule has 0 heterocycles. The van der Waals surface area contributed by atoms with Crippen LogP contribution in [-0.4, -0.2) is 48.6 Å². The molecule has 7 nitrogen and oxygen atoms in total. The number of ether oxygens (including phenoxy) is 4. The summed E-state index contributed by atoms with van der Waals surface area (Å²) in [6.07, 6.45) is 3.04. The molecule has 4 unspecified atom stereocenters. The van der Waals surface area contributed by atoms with Gasteiger partial charge in [-0.15, -0.1) is 0 Å². The van der Waals surface area contributed by atoms with Crippen molar-refractivity contribution in [2.75, 3.05) is 20.3 Å². The summed E-state index contributed by atoms with van der Waals surface area (Å²) < 4.78 is 23.8. The Morgan fingerprint density at radius 2 is 1.44 bits per heavy atom. The summed E-state index contributed by atoms with van der Waals surface area (Å²) in [4.78, 5) is 23.6. The van der Waals surface area contributed by atoms with Gasteiger partial charge in [0.1, 0.15) is 18.0 Å². The third-order valence-electron chi connectivity index (χ3n) is 8.46. The van der Waals surface area contributed by atoms with Crippen LogP contribution in [0.3, 0.4) is 0 Å². The number of carboxylic acids is 1. The molecule has 7 heteroatoms. The molecular formula is C32H46O7. The van der Waals surface area contributed by atoms with Gasteiger partial charge in [-0.05, 0) is 82.0 Å². The van der Waals surface area contributed by atoms with Crippen molar-refractivity contribution in [3.8, 4) is 5.75 Å². The van der Waals surface area contributed by atoms with Crippen molar-refractivity contribution in [2.45, 2.75) is 91.5 Å². The number of aromatic carboxylic acids is 1. The average Bonchev–Trinajstić information content (AvgIpc) is 2.92. The molecule has 0 aromatic heterocycles. The van der Waals surface area contributed by atoms with Crippen LogP contribution in [0.25, 0.3) is 0 Å². The van der Waals surface area contributed by atoms with Crippen LogP contribution in [0.1, 0.15) is 107 Å². The van der Waals surface area contributed by atoms with Crippen LogP contribution >= 0.6 is 0 Å². The molecule has 0 aliphatic heterocycles. The summed E-state index contributed by atoms with van der Waals surface area (Å²) in [6.45, 7) is 15.5. The van der Waals surface area contributed by atoms with E-state index in [-0.39, 0.29) is 24.2 Å². The zero-order valence-corrected chi connectivity index (χ0v) is 24.8. The highest BCUT2D eigenvalue weighted by atomic mass is 16.6. The molecule has 0 amide bonds. The van der Waals surface area contributed by atoms with Crippen LogP contribution in [0.4, 0.5) is 0 Å². The summed E-state index contributed by atoms with van der Waals surface area (Å²) in [6, 6.07) is 13.9. The van der Waals surface area contributed by atoms with E-state index in [1.54, 1.807) is 43.5 Å². The van der Waals surface area contributed by atoms with E-state index in [1.165, 1.54) is 0 Å². The van der Waals surface area contributed by atoms with Crippen LogP contribution in [0.2, 0.25) is 0 Å². The molecule has 0 aliphatic carbocycles. The summed E-state index contributed by atoms with van der Waals surface area (Å²) in [5, 5.41) is 9.28. The van der Waals surface area contributed by atoms with Gasteiger partial charge >= 0.3 is 11.9 Å². The van der Waals surface area contributed by atoms with E-state index in [1.807, 2.05) is 19.1 Å². The number of methoxy groups -OCH3 is 1. The quantitative estimate of drug-likeness (QED) is 0.174. The van der Waals surface area contributed by atoms with E-state index in [0.717, 1.165) is 31.2 Å². The van der Waals surface area contributed by atoms with Gasteiger partial charge in [-0.3, -0.25) is 0 Å². The molecule has 216 valence electrons. The summed E-state index contributed by atoms with van der Waals surface area (Å²) >= 11 is 0. The highest BCUT2D eigenvalue weighted by molar-refractivity contribution is 5.89. The molecule has 0 saturated carbocycles. The molecule has 0 saturated heterocycles. The first-order chi connectivity index (χ1) is 18.4. The average molecular weight is 543 g/mol. The van der Waals surface area contributed by atoms with Gasteiger partial charge in [0.15, 0.2) is 0 Å². The monoisotopic (exact) mass is 542 g/mol. The summed E-state index contributed by atoms with van der Waals surface area (Å²) in [7, 11) is 1.56. The van der Waals surface area contributed by atoms with Crippen molar-refractivity contribution < 1.29 is 33.6 Å². The molecule has 0 spiro atoms. The Morgan fingerprint density at radius 1 is 0.846 bits per heavy atom. The molecule has 0 aliphatic rings. The molecule has 0 bridgehead atoms. The molecular weight excluding hydrogens is 496 g/mol. The lowest BCUT2D eigenvalue weighted by Crippen LogP contribution is -2.61. The topological polar surface area (TPSA) is 91.3 Å². The fraction of sp³-hybridized carbons (Fsp3) is 0.562. The Balaban J connectivity index is 2.32. The Labute approximate surface area is 233 Å². The van der Waals surface area contributed by atoms with Crippen molar-refractivity contribution in [1.29, 1.82) is 0 Å². The van der Waals surface area contributed by atoms with Gasteiger partial charge in [0, 0.05) is 12.5 Å². The van der Waals surface area contributed by atoms with Crippen molar-refractivity contribution in [2.24, 2.45) is 5.41 Å². The number of esters is 1. The van der Waals surface area contributed by atoms with Gasteiger partial charge in [-0.2, -0.15) is 0 Å². The number of rotatable bonds is 16. The number of hydrogen-bond acceptors (Lipinski definition) is 6. The Bertz CT molecular complexity index is 1060. The number of benzene rings is 2. The molecule has 2 aromatic carbocycles. The maximum absolute atomic E-state index is 12.3. The Hall–Kier alpha value is -2.90. The van der Waals surface area contributed by atoms with E-state index in [2.05, 4.69) is 41.5 Å². The molecule has 2 rings (SSSR count). The lowest BCUT2D eigenvalue weighted by Gasteiger charge is -2.56. The van der Waals surface area contributed by atoms with Gasteiger partial charge in [0.2, 0.25) is 0 Å². The third kappa shape index (κ3) is 7.40. The van der Waals surface area contributed by atoms with Crippen molar-refractivity contribution in [1.82, 2.24) is 0 Å². The minimum atomic E-state index is -0.965. The highest BCUT2D eigenvalue weighted by Crippen LogP contribution is 2.53. The standard InChI is InChI=1S/C32H46O7/c1-9-20-32(7,39-27-18-16-25(17-19-27)28(33)34)30(5,10-2)31(6,11-3)38-23(4)24-12-14-26(15-13-24)29(35)37-22-21-36-8/h12-19,23H,9-11,20-22H2,1-8H3,(H,33,34). The van der Waals surface area contributed by atoms with E-state index >= 15 is 0 Å². The van der Waals surface area contributed by atoms with Gasteiger partial charge in [0.05, 0.1) is 29.4 Å². The largest absolute Gasteiger partial charge is 0.487 e. The predicted octanol–water partition coefficient (Wildman–Crippen LogP) is 7.49. The highest BCUT2D eigenvalue weighted by Gasteiger charge is 2.56. The SMILES string of the molecule is CCCC(C)(Oc1ccc(C(=O)O)cc1)C(C)(CC)C(C)(CC)OC(C)c1ccc(C(=O)OCCOC)cc1. The fourth-order valence-electron chi connectivity index (χ4n) is 5.40. The first kappa shape index (κ1) is 32.3. The second kappa shape index (κ2) is 13.9. The summed E-state index contributed by atoms with van der Waals surface area (Å²) in [5.41, 5.74) is 0.101. The second-order valence-electron chi connectivity index (χ2n) is 10.7. The zero-order chi connectivity index (χ0) is 29.3. The van der Waals surface area contributed by atoms with E-state index in [0.29, 0.717) is 17.9 Å². The van der Waals surface area contributed by atoms with Gasteiger partial charge in [-0.25, -0.2) is 9.59 Å². The Kier molecular flexibility index (Phi) is 11.6. The number of carbonyl (C=O) groups is 2. The van der Waals surface area contributed by atoms with E-state index in [9.17, 15) is 14.7 Å². The molecule has 0 radical (unpaired) electrons. The lowest BCUT2D eigenvalue weighted by atomic mass is 9.59. The molecule has 39 heavy (non-hydrogen) atoms. The van der Waals surface area contributed by atoms with Gasteiger partial charge in [-0.1, -0.05) is 46.2 Å². The summed E-state index contributed by atoms with van der Waals surface area (Å²) in [5.74, 6) is -0.712. The molecule has 1 N–H and O–H groups in total. The number of carboxylic acid groups (broad SMARTS) is 1. The predicted molar refractivity (Wildman–Crippen MR) is 153 cm³/mol. The van der Waals surface area contributed by atoms with Gasteiger partial charge < -0.3 is 24.1 Å². The number of hydrogen-bond donors (Lipinski definition) is 1. The molecule has 0 fully saturated rings. The maximum Gasteiger partial charge on any atom is 0.338 e. The third-order valence-corrected chi connectivity index (χ3v) is 8.46. The van der Waals surface area contributed by atoms with E-state index < -0.39 is 22.6 Å². The van der Waals surface area contributed by atoms with Crippen LogP contribution < -0.4 is 4.74 Å². The van der Waals surface area contributed by atoms with Crippen molar-refractivity contribution in [3.63, 3.8) is 0 Å². The minimum Gasteiger partial charge on any atom is -0.487 e. The molecule has 2 aromatic rings. The van der Waals surface area contributed by atoms with Crippen LogP contribution in [0.15, 0.2) is 48.5 Å². The van der Waals surface area contributed by atoms with Crippen molar-refractivity contribution >= 4 is 11.9 Å². The second-order valence-corrected chi connectivity index (χ2v) is 10.7. The lowest BCUT2D eigenvalue weighted by molar-refractivity contribution is -0.213. The maximum atomic E-state index is 12.3. The molecule has 4 atom stereocenters.